The Morgan fingerprint density at radius 3 is 2.57 bits per heavy atom. The van der Waals surface area contributed by atoms with Gasteiger partial charge in [0, 0.05) is 0 Å². The molecule has 1 saturated heterocycles. The van der Waals surface area contributed by atoms with Gasteiger partial charge in [-0.1, -0.05) is 20.8 Å². The van der Waals surface area contributed by atoms with Crippen LogP contribution >= 0.6 is 0 Å². The van der Waals surface area contributed by atoms with Gasteiger partial charge in [0.1, 0.15) is 6.61 Å². The zero-order chi connectivity index (χ0) is 10.9. The molecule has 1 fully saturated rings. The summed E-state index contributed by atoms with van der Waals surface area (Å²) in [6.45, 7) is 5.58. The van der Waals surface area contributed by atoms with Crippen LogP contribution in [0.25, 0.3) is 0 Å². The Hall–Kier alpha value is -1.10. The third-order valence-electron chi connectivity index (χ3n) is 2.13. The number of carboxylic acids is 1. The molecule has 0 spiro atoms. The molecule has 5 nitrogen and oxygen atoms in total. The summed E-state index contributed by atoms with van der Waals surface area (Å²) in [7, 11) is 0. The molecule has 1 aliphatic heterocycles. The number of rotatable bonds is 1. The van der Waals surface area contributed by atoms with Gasteiger partial charge in [-0.3, -0.25) is 4.79 Å². The Balaban J connectivity index is 2.83. The second kappa shape index (κ2) is 3.57. The standard InChI is InChI=1S/C9H15NO4/c1-9(2,3)7-6(8(12)13)10-5(11)4-14-7/h6-7H,4H2,1-3H3,(H,10,11)(H,12,13). The average Bonchev–Trinajstić information content (AvgIpc) is 2.01. The van der Waals surface area contributed by atoms with Crippen LogP contribution in [0.15, 0.2) is 0 Å². The van der Waals surface area contributed by atoms with E-state index in [9.17, 15) is 9.59 Å². The number of carbonyl (C=O) groups excluding carboxylic acids is 1. The number of hydrogen-bond donors (Lipinski definition) is 2. The minimum absolute atomic E-state index is 0.0638. The summed E-state index contributed by atoms with van der Waals surface area (Å²) in [5.74, 6) is -1.43. The summed E-state index contributed by atoms with van der Waals surface area (Å²) in [4.78, 5) is 21.8. The van der Waals surface area contributed by atoms with Gasteiger partial charge in [-0.25, -0.2) is 4.79 Å². The van der Waals surface area contributed by atoms with E-state index in [0.29, 0.717) is 0 Å². The summed E-state index contributed by atoms with van der Waals surface area (Å²) < 4.78 is 5.24. The van der Waals surface area contributed by atoms with E-state index in [0.717, 1.165) is 0 Å². The number of morpholine rings is 1. The predicted octanol–water partition coefficient (Wildman–Crippen LogP) is 0.000700. The number of carboxylic acid groups (broad SMARTS) is 1. The molecular formula is C9H15NO4. The molecule has 1 rings (SSSR count). The lowest BCUT2D eigenvalue weighted by molar-refractivity contribution is -0.161. The second-order valence-electron chi connectivity index (χ2n) is 4.48. The maximum atomic E-state index is 11.0. The first kappa shape index (κ1) is 11.0. The van der Waals surface area contributed by atoms with Crippen molar-refractivity contribution in [2.75, 3.05) is 6.61 Å². The van der Waals surface area contributed by atoms with Crippen LogP contribution in [0.4, 0.5) is 0 Å². The highest BCUT2D eigenvalue weighted by Crippen LogP contribution is 2.26. The van der Waals surface area contributed by atoms with Crippen LogP contribution in [0.5, 0.6) is 0 Å². The molecule has 0 saturated carbocycles. The second-order valence-corrected chi connectivity index (χ2v) is 4.48. The number of carbonyl (C=O) groups is 2. The normalized spacial score (nSPS) is 28.4. The van der Waals surface area contributed by atoms with Gasteiger partial charge in [-0.2, -0.15) is 0 Å². The molecule has 2 atom stereocenters. The molecule has 5 heteroatoms. The molecule has 14 heavy (non-hydrogen) atoms. The van der Waals surface area contributed by atoms with E-state index in [4.69, 9.17) is 9.84 Å². The Morgan fingerprint density at radius 1 is 1.57 bits per heavy atom. The third kappa shape index (κ3) is 2.23. The van der Waals surface area contributed by atoms with Crippen LogP contribution in [-0.2, 0) is 14.3 Å². The maximum Gasteiger partial charge on any atom is 0.328 e. The van der Waals surface area contributed by atoms with Gasteiger partial charge in [-0.15, -0.1) is 0 Å². The third-order valence-corrected chi connectivity index (χ3v) is 2.13. The predicted molar refractivity (Wildman–Crippen MR) is 48.8 cm³/mol. The summed E-state index contributed by atoms with van der Waals surface area (Å²) >= 11 is 0. The molecule has 1 aliphatic rings. The minimum atomic E-state index is -1.06. The van der Waals surface area contributed by atoms with Crippen LogP contribution in [-0.4, -0.2) is 35.7 Å². The lowest BCUT2D eigenvalue weighted by Gasteiger charge is -2.37. The molecule has 0 aromatic carbocycles. The molecule has 0 aromatic rings. The SMILES string of the molecule is CC(C)(C)C1OCC(=O)NC1C(=O)O. The molecule has 0 radical (unpaired) electrons. The molecule has 1 heterocycles. The van der Waals surface area contributed by atoms with Gasteiger partial charge < -0.3 is 15.2 Å². The molecule has 0 bridgehead atoms. The van der Waals surface area contributed by atoms with Gasteiger partial charge in [0.05, 0.1) is 6.10 Å². The smallest absolute Gasteiger partial charge is 0.328 e. The van der Waals surface area contributed by atoms with Crippen molar-refractivity contribution < 1.29 is 19.4 Å². The van der Waals surface area contributed by atoms with Crippen LogP contribution in [0.2, 0.25) is 0 Å². The quantitative estimate of drug-likeness (QED) is 0.626. The van der Waals surface area contributed by atoms with Crippen LogP contribution in [0.1, 0.15) is 20.8 Å². The van der Waals surface area contributed by atoms with Crippen molar-refractivity contribution in [2.24, 2.45) is 5.41 Å². The number of aliphatic carboxylic acids is 1. The van der Waals surface area contributed by atoms with E-state index in [1.165, 1.54) is 0 Å². The van der Waals surface area contributed by atoms with E-state index in [1.807, 2.05) is 20.8 Å². The first-order valence-electron chi connectivity index (χ1n) is 4.46. The molecule has 2 unspecified atom stereocenters. The van der Waals surface area contributed by atoms with Gasteiger partial charge in [0.25, 0.3) is 0 Å². The van der Waals surface area contributed by atoms with Crippen molar-refractivity contribution in [3.8, 4) is 0 Å². The zero-order valence-corrected chi connectivity index (χ0v) is 8.53. The fraction of sp³-hybridized carbons (Fsp3) is 0.778. The first-order valence-corrected chi connectivity index (χ1v) is 4.46. The topological polar surface area (TPSA) is 75.6 Å². The number of amides is 1. The van der Waals surface area contributed by atoms with Gasteiger partial charge >= 0.3 is 5.97 Å². The van der Waals surface area contributed by atoms with E-state index in [-0.39, 0.29) is 17.9 Å². The maximum absolute atomic E-state index is 11.0. The van der Waals surface area contributed by atoms with Crippen molar-refractivity contribution in [1.82, 2.24) is 5.32 Å². The van der Waals surface area contributed by atoms with Crippen molar-refractivity contribution in [1.29, 1.82) is 0 Å². The molecule has 80 valence electrons. The lowest BCUT2D eigenvalue weighted by Crippen LogP contribution is -2.59. The molecule has 2 N–H and O–H groups in total. The minimum Gasteiger partial charge on any atom is -0.480 e. The van der Waals surface area contributed by atoms with Gasteiger partial charge in [0.2, 0.25) is 5.91 Å². The van der Waals surface area contributed by atoms with E-state index < -0.39 is 18.1 Å². The van der Waals surface area contributed by atoms with Crippen LogP contribution in [0, 0.1) is 5.41 Å². The monoisotopic (exact) mass is 201 g/mol. The molecule has 0 aliphatic carbocycles. The van der Waals surface area contributed by atoms with Crippen molar-refractivity contribution in [3.63, 3.8) is 0 Å². The van der Waals surface area contributed by atoms with Crippen molar-refractivity contribution in [2.45, 2.75) is 32.9 Å². The Bertz CT molecular complexity index is 256. The Kier molecular flexibility index (Phi) is 2.80. The number of hydrogen-bond acceptors (Lipinski definition) is 3. The highest BCUT2D eigenvalue weighted by atomic mass is 16.5. The van der Waals surface area contributed by atoms with E-state index >= 15 is 0 Å². The molecule has 1 amide bonds. The van der Waals surface area contributed by atoms with Gasteiger partial charge in [0.15, 0.2) is 6.04 Å². The molecule has 0 aromatic heterocycles. The largest absolute Gasteiger partial charge is 0.480 e. The number of ether oxygens (including phenoxy) is 1. The summed E-state index contributed by atoms with van der Waals surface area (Å²) in [5.41, 5.74) is -0.309. The lowest BCUT2D eigenvalue weighted by atomic mass is 9.84. The summed E-state index contributed by atoms with van der Waals surface area (Å²) in [6.07, 6.45) is -0.488. The fourth-order valence-electron chi connectivity index (χ4n) is 1.49. The fourth-order valence-corrected chi connectivity index (χ4v) is 1.49. The Morgan fingerprint density at radius 2 is 2.14 bits per heavy atom. The van der Waals surface area contributed by atoms with Crippen LogP contribution in [0.3, 0.4) is 0 Å². The van der Waals surface area contributed by atoms with Crippen molar-refractivity contribution >= 4 is 11.9 Å². The highest BCUT2D eigenvalue weighted by molar-refractivity contribution is 5.85. The van der Waals surface area contributed by atoms with E-state index in [2.05, 4.69) is 5.32 Å². The first-order chi connectivity index (χ1) is 6.32. The van der Waals surface area contributed by atoms with E-state index in [1.54, 1.807) is 0 Å². The van der Waals surface area contributed by atoms with Gasteiger partial charge in [-0.05, 0) is 5.41 Å². The number of nitrogens with one attached hydrogen (secondary N) is 1. The molecular weight excluding hydrogens is 186 g/mol. The van der Waals surface area contributed by atoms with Crippen LogP contribution < -0.4 is 5.32 Å². The zero-order valence-electron chi connectivity index (χ0n) is 8.53. The highest BCUT2D eigenvalue weighted by Gasteiger charge is 2.41. The summed E-state index contributed by atoms with van der Waals surface area (Å²) in [5, 5.41) is 11.3. The Labute approximate surface area is 82.4 Å². The average molecular weight is 201 g/mol. The summed E-state index contributed by atoms with van der Waals surface area (Å²) in [6, 6.07) is -0.948. The van der Waals surface area contributed by atoms with Crippen molar-refractivity contribution in [3.05, 3.63) is 0 Å².